The van der Waals surface area contributed by atoms with Gasteiger partial charge in [0.1, 0.15) is 5.75 Å². The van der Waals surface area contributed by atoms with Gasteiger partial charge in [-0.3, -0.25) is 4.79 Å². The van der Waals surface area contributed by atoms with E-state index in [1.54, 1.807) is 0 Å². The minimum Gasteiger partial charge on any atom is -0.491 e. The van der Waals surface area contributed by atoms with Crippen LogP contribution in [0.4, 0.5) is 0 Å². The van der Waals surface area contributed by atoms with Crippen molar-refractivity contribution in [3.05, 3.63) is 29.8 Å². The molecule has 1 aliphatic rings. The van der Waals surface area contributed by atoms with E-state index in [0.717, 1.165) is 11.3 Å². The van der Waals surface area contributed by atoms with E-state index < -0.39 is 15.8 Å². The molecule has 1 heterocycles. The predicted molar refractivity (Wildman–Crippen MR) is 85.5 cm³/mol. The molecule has 1 amide bonds. The molecule has 5 nitrogen and oxygen atoms in total. The van der Waals surface area contributed by atoms with Gasteiger partial charge < -0.3 is 10.1 Å². The van der Waals surface area contributed by atoms with Crippen molar-refractivity contribution >= 4 is 15.7 Å². The first-order valence-electron chi connectivity index (χ1n) is 7.55. The fourth-order valence-corrected chi connectivity index (χ4v) is 4.35. The first-order chi connectivity index (χ1) is 10.3. The van der Waals surface area contributed by atoms with Crippen molar-refractivity contribution in [3.8, 4) is 5.75 Å². The number of nitrogens with one attached hydrogen (secondary N) is 1. The number of carbonyl (C=O) groups is 1. The van der Waals surface area contributed by atoms with E-state index in [0.29, 0.717) is 6.42 Å². The Balaban J connectivity index is 2.06. The van der Waals surface area contributed by atoms with Gasteiger partial charge in [-0.1, -0.05) is 18.2 Å². The van der Waals surface area contributed by atoms with E-state index in [4.69, 9.17) is 4.74 Å². The van der Waals surface area contributed by atoms with Crippen LogP contribution < -0.4 is 10.1 Å². The Morgan fingerprint density at radius 1 is 1.27 bits per heavy atom. The van der Waals surface area contributed by atoms with E-state index in [1.165, 1.54) is 0 Å². The summed E-state index contributed by atoms with van der Waals surface area (Å²) in [7, 11) is -3.05. The number of hydrogen-bond acceptors (Lipinski definition) is 4. The SMILES string of the molecule is CC(C)Oc1ccccc1C(C)NC(=O)C1CCS(=O)(=O)C1. The molecular formula is C16H23NO4S. The lowest BCUT2D eigenvalue weighted by Crippen LogP contribution is -2.33. The number of para-hydroxylation sites is 1. The Kier molecular flexibility index (Phi) is 5.11. The van der Waals surface area contributed by atoms with Crippen LogP contribution >= 0.6 is 0 Å². The molecule has 0 saturated carbocycles. The molecule has 22 heavy (non-hydrogen) atoms. The largest absolute Gasteiger partial charge is 0.491 e. The summed E-state index contributed by atoms with van der Waals surface area (Å²) < 4.78 is 28.7. The molecule has 2 rings (SSSR count). The molecule has 1 aromatic carbocycles. The van der Waals surface area contributed by atoms with Crippen LogP contribution in [0.2, 0.25) is 0 Å². The standard InChI is InChI=1S/C16H23NO4S/c1-11(2)21-15-7-5-4-6-14(15)12(3)17-16(18)13-8-9-22(19,20)10-13/h4-7,11-13H,8-10H2,1-3H3,(H,17,18). The van der Waals surface area contributed by atoms with Crippen LogP contribution in [0.25, 0.3) is 0 Å². The zero-order valence-corrected chi connectivity index (χ0v) is 14.0. The second kappa shape index (κ2) is 6.69. The van der Waals surface area contributed by atoms with E-state index in [1.807, 2.05) is 45.0 Å². The number of benzene rings is 1. The van der Waals surface area contributed by atoms with Gasteiger partial charge in [-0.25, -0.2) is 8.42 Å². The Morgan fingerprint density at radius 3 is 2.55 bits per heavy atom. The minimum absolute atomic E-state index is 0.0454. The summed E-state index contributed by atoms with van der Waals surface area (Å²) in [6, 6.07) is 7.34. The molecule has 1 saturated heterocycles. The van der Waals surface area contributed by atoms with Gasteiger partial charge in [-0.2, -0.15) is 0 Å². The van der Waals surface area contributed by atoms with Crippen molar-refractivity contribution in [3.63, 3.8) is 0 Å². The maximum atomic E-state index is 12.2. The molecule has 0 spiro atoms. The third kappa shape index (κ3) is 4.22. The minimum atomic E-state index is -3.05. The first-order valence-corrected chi connectivity index (χ1v) is 9.37. The molecule has 1 aliphatic heterocycles. The van der Waals surface area contributed by atoms with Crippen molar-refractivity contribution < 1.29 is 17.9 Å². The van der Waals surface area contributed by atoms with Gasteiger partial charge in [-0.15, -0.1) is 0 Å². The van der Waals surface area contributed by atoms with Gasteiger partial charge in [0.15, 0.2) is 9.84 Å². The number of hydrogen-bond donors (Lipinski definition) is 1. The monoisotopic (exact) mass is 325 g/mol. The molecule has 0 bridgehead atoms. The quantitative estimate of drug-likeness (QED) is 0.900. The van der Waals surface area contributed by atoms with Gasteiger partial charge in [0.2, 0.25) is 5.91 Å². The van der Waals surface area contributed by atoms with Crippen LogP contribution in [0.1, 0.15) is 38.8 Å². The maximum Gasteiger partial charge on any atom is 0.224 e. The third-order valence-corrected chi connectivity index (χ3v) is 5.48. The van der Waals surface area contributed by atoms with Crippen molar-refractivity contribution in [2.75, 3.05) is 11.5 Å². The van der Waals surface area contributed by atoms with Gasteiger partial charge in [0.05, 0.1) is 29.6 Å². The number of amides is 1. The molecule has 2 unspecified atom stereocenters. The summed E-state index contributed by atoms with van der Waals surface area (Å²) in [5, 5.41) is 2.91. The van der Waals surface area contributed by atoms with E-state index in [9.17, 15) is 13.2 Å². The molecule has 1 N–H and O–H groups in total. The van der Waals surface area contributed by atoms with E-state index in [2.05, 4.69) is 5.32 Å². The van der Waals surface area contributed by atoms with Crippen LogP contribution in [-0.2, 0) is 14.6 Å². The summed E-state index contributed by atoms with van der Waals surface area (Å²) in [6.45, 7) is 5.77. The number of sulfone groups is 1. The molecule has 0 aliphatic carbocycles. The summed E-state index contributed by atoms with van der Waals surface area (Å²) in [6.07, 6.45) is 0.453. The molecule has 0 radical (unpaired) electrons. The smallest absolute Gasteiger partial charge is 0.224 e. The van der Waals surface area contributed by atoms with Crippen molar-refractivity contribution in [1.82, 2.24) is 5.32 Å². The summed E-state index contributed by atoms with van der Waals surface area (Å²) in [5.41, 5.74) is 0.894. The highest BCUT2D eigenvalue weighted by Gasteiger charge is 2.33. The Morgan fingerprint density at radius 2 is 1.95 bits per heavy atom. The molecule has 2 atom stereocenters. The highest BCUT2D eigenvalue weighted by atomic mass is 32.2. The Labute approximate surface area is 132 Å². The normalized spacial score (nSPS) is 21.5. The van der Waals surface area contributed by atoms with Gasteiger partial charge in [0.25, 0.3) is 0 Å². The van der Waals surface area contributed by atoms with Gasteiger partial charge >= 0.3 is 0 Å². The first kappa shape index (κ1) is 16.8. The summed E-state index contributed by atoms with van der Waals surface area (Å²) in [5.74, 6) is 0.158. The van der Waals surface area contributed by atoms with Crippen LogP contribution in [-0.4, -0.2) is 31.9 Å². The molecule has 1 aromatic rings. The number of carbonyl (C=O) groups excluding carboxylic acids is 1. The molecule has 0 aromatic heterocycles. The fraction of sp³-hybridized carbons (Fsp3) is 0.562. The third-order valence-electron chi connectivity index (χ3n) is 3.71. The Bertz CT molecular complexity index is 639. The zero-order valence-electron chi connectivity index (χ0n) is 13.2. The topological polar surface area (TPSA) is 72.5 Å². The van der Waals surface area contributed by atoms with Crippen LogP contribution in [0.3, 0.4) is 0 Å². The molecular weight excluding hydrogens is 302 g/mol. The maximum absolute atomic E-state index is 12.2. The van der Waals surface area contributed by atoms with E-state index >= 15 is 0 Å². The van der Waals surface area contributed by atoms with E-state index in [-0.39, 0.29) is 29.6 Å². The molecule has 1 fully saturated rings. The lowest BCUT2D eigenvalue weighted by atomic mass is 10.0. The lowest BCUT2D eigenvalue weighted by molar-refractivity contribution is -0.124. The second-order valence-electron chi connectivity index (χ2n) is 6.03. The molecule has 6 heteroatoms. The van der Waals surface area contributed by atoms with Crippen molar-refractivity contribution in [1.29, 1.82) is 0 Å². The van der Waals surface area contributed by atoms with Crippen LogP contribution in [0.15, 0.2) is 24.3 Å². The van der Waals surface area contributed by atoms with Crippen LogP contribution in [0.5, 0.6) is 5.75 Å². The summed E-state index contributed by atoms with van der Waals surface area (Å²) >= 11 is 0. The lowest BCUT2D eigenvalue weighted by Gasteiger charge is -2.21. The van der Waals surface area contributed by atoms with Gasteiger partial charge in [0, 0.05) is 5.56 Å². The van der Waals surface area contributed by atoms with Crippen LogP contribution in [0, 0.1) is 5.92 Å². The number of ether oxygens (including phenoxy) is 1. The van der Waals surface area contributed by atoms with Crippen molar-refractivity contribution in [2.24, 2.45) is 5.92 Å². The zero-order chi connectivity index (χ0) is 16.3. The summed E-state index contributed by atoms with van der Waals surface area (Å²) in [4.78, 5) is 12.2. The highest BCUT2D eigenvalue weighted by Crippen LogP contribution is 2.27. The average Bonchev–Trinajstić information content (AvgIpc) is 2.79. The number of rotatable bonds is 5. The fourth-order valence-electron chi connectivity index (χ4n) is 2.61. The predicted octanol–water partition coefficient (Wildman–Crippen LogP) is 2.09. The van der Waals surface area contributed by atoms with Crippen molar-refractivity contribution in [2.45, 2.75) is 39.3 Å². The second-order valence-corrected chi connectivity index (χ2v) is 8.26. The average molecular weight is 325 g/mol. The van der Waals surface area contributed by atoms with Gasteiger partial charge in [-0.05, 0) is 33.3 Å². The molecule has 122 valence electrons. The highest BCUT2D eigenvalue weighted by molar-refractivity contribution is 7.91. The Hall–Kier alpha value is -1.56.